The van der Waals surface area contributed by atoms with Crippen molar-refractivity contribution in [2.45, 2.75) is 6.54 Å². The molecule has 2 nitrogen and oxygen atoms in total. The molecular formula is C9H12N2. The number of nitrogens with one attached hydrogen (secondary N) is 1. The highest BCUT2D eigenvalue weighted by Crippen LogP contribution is 1.96. The first-order valence-electron chi connectivity index (χ1n) is 3.57. The molecule has 3 N–H and O–H groups in total. The van der Waals surface area contributed by atoms with Crippen LogP contribution < -0.4 is 11.1 Å². The molecule has 0 aliphatic rings. The lowest BCUT2D eigenvalue weighted by Gasteiger charge is -1.98. The summed E-state index contributed by atoms with van der Waals surface area (Å²) in [4.78, 5) is 0. The summed E-state index contributed by atoms with van der Waals surface area (Å²) in [6.45, 7) is 0.828. The van der Waals surface area contributed by atoms with Crippen molar-refractivity contribution in [3.63, 3.8) is 0 Å². The molecule has 0 aromatic heterocycles. The van der Waals surface area contributed by atoms with E-state index in [-0.39, 0.29) is 0 Å². The quantitative estimate of drug-likeness (QED) is 0.676. The largest absolute Gasteiger partial charge is 0.403 e. The highest BCUT2D eigenvalue weighted by Gasteiger charge is 1.84. The topological polar surface area (TPSA) is 38.0 Å². The summed E-state index contributed by atoms with van der Waals surface area (Å²) in [5, 5.41) is 3.05. The van der Waals surface area contributed by atoms with Crippen molar-refractivity contribution in [2.75, 3.05) is 0 Å². The summed E-state index contributed by atoms with van der Waals surface area (Å²) in [6.07, 6.45) is 3.22. The van der Waals surface area contributed by atoms with E-state index >= 15 is 0 Å². The molecule has 0 spiro atoms. The maximum absolute atomic E-state index is 5.15. The van der Waals surface area contributed by atoms with Gasteiger partial charge >= 0.3 is 0 Å². The van der Waals surface area contributed by atoms with E-state index in [0.717, 1.165) is 6.54 Å². The van der Waals surface area contributed by atoms with Crippen LogP contribution in [0.4, 0.5) is 0 Å². The SMILES string of the molecule is NC=CNCc1ccccc1. The maximum atomic E-state index is 5.15. The summed E-state index contributed by atoms with van der Waals surface area (Å²) < 4.78 is 0. The van der Waals surface area contributed by atoms with Crippen LogP contribution in [-0.2, 0) is 6.54 Å². The summed E-state index contributed by atoms with van der Waals surface area (Å²) >= 11 is 0. The zero-order valence-corrected chi connectivity index (χ0v) is 6.33. The van der Waals surface area contributed by atoms with Gasteiger partial charge in [-0.15, -0.1) is 0 Å². The van der Waals surface area contributed by atoms with Crippen molar-refractivity contribution in [3.8, 4) is 0 Å². The summed E-state index contributed by atoms with van der Waals surface area (Å²) in [7, 11) is 0. The molecule has 0 saturated heterocycles. The molecule has 0 amide bonds. The van der Waals surface area contributed by atoms with E-state index < -0.39 is 0 Å². The van der Waals surface area contributed by atoms with Crippen LogP contribution in [0.25, 0.3) is 0 Å². The van der Waals surface area contributed by atoms with Gasteiger partial charge in [-0.05, 0) is 5.56 Å². The summed E-state index contributed by atoms with van der Waals surface area (Å²) in [5.74, 6) is 0. The second-order valence-corrected chi connectivity index (χ2v) is 2.23. The molecule has 0 saturated carbocycles. The van der Waals surface area contributed by atoms with E-state index in [1.807, 2.05) is 18.2 Å². The van der Waals surface area contributed by atoms with Gasteiger partial charge in [-0.3, -0.25) is 0 Å². The summed E-state index contributed by atoms with van der Waals surface area (Å²) in [5.41, 5.74) is 6.40. The van der Waals surface area contributed by atoms with E-state index in [2.05, 4.69) is 17.4 Å². The highest BCUT2D eigenvalue weighted by molar-refractivity contribution is 5.14. The molecule has 0 fully saturated rings. The summed E-state index contributed by atoms with van der Waals surface area (Å²) in [6, 6.07) is 10.2. The van der Waals surface area contributed by atoms with E-state index in [0.29, 0.717) is 0 Å². The average Bonchev–Trinajstić information content (AvgIpc) is 2.07. The number of hydrogen-bond acceptors (Lipinski definition) is 2. The average molecular weight is 148 g/mol. The van der Waals surface area contributed by atoms with Gasteiger partial charge in [-0.1, -0.05) is 30.3 Å². The Balaban J connectivity index is 2.39. The zero-order chi connectivity index (χ0) is 7.94. The fourth-order valence-electron chi connectivity index (χ4n) is 0.841. The first-order valence-corrected chi connectivity index (χ1v) is 3.57. The number of rotatable bonds is 3. The standard InChI is InChI=1S/C9H12N2/c10-6-7-11-8-9-4-2-1-3-5-9/h1-7,11H,8,10H2. The molecule has 0 atom stereocenters. The van der Waals surface area contributed by atoms with Crippen LogP contribution in [0.2, 0.25) is 0 Å². The van der Waals surface area contributed by atoms with Gasteiger partial charge in [-0.25, -0.2) is 0 Å². The molecule has 1 aromatic carbocycles. The Hall–Kier alpha value is -1.44. The Morgan fingerprint density at radius 2 is 2.00 bits per heavy atom. The van der Waals surface area contributed by atoms with Crippen molar-refractivity contribution in [1.82, 2.24) is 5.32 Å². The van der Waals surface area contributed by atoms with E-state index in [1.54, 1.807) is 6.20 Å². The molecule has 0 bridgehead atoms. The predicted molar refractivity (Wildman–Crippen MR) is 46.6 cm³/mol. The van der Waals surface area contributed by atoms with Crippen LogP contribution >= 0.6 is 0 Å². The molecule has 0 aliphatic heterocycles. The normalized spacial score (nSPS) is 10.2. The Kier molecular flexibility index (Phi) is 3.06. The van der Waals surface area contributed by atoms with Crippen LogP contribution in [0, 0.1) is 0 Å². The fourth-order valence-corrected chi connectivity index (χ4v) is 0.841. The van der Waals surface area contributed by atoms with Gasteiger partial charge in [0.05, 0.1) is 0 Å². The number of benzene rings is 1. The minimum atomic E-state index is 0.828. The van der Waals surface area contributed by atoms with Crippen molar-refractivity contribution in [1.29, 1.82) is 0 Å². The molecule has 0 unspecified atom stereocenters. The van der Waals surface area contributed by atoms with E-state index in [1.165, 1.54) is 11.8 Å². The highest BCUT2D eigenvalue weighted by atomic mass is 14.8. The molecule has 1 aromatic rings. The van der Waals surface area contributed by atoms with E-state index in [9.17, 15) is 0 Å². The molecule has 0 heterocycles. The minimum Gasteiger partial charge on any atom is -0.403 e. The van der Waals surface area contributed by atoms with Crippen molar-refractivity contribution < 1.29 is 0 Å². The Bertz CT molecular complexity index is 216. The minimum absolute atomic E-state index is 0.828. The van der Waals surface area contributed by atoms with Crippen LogP contribution in [0.15, 0.2) is 42.7 Å². The van der Waals surface area contributed by atoms with Crippen molar-refractivity contribution >= 4 is 0 Å². The molecule has 0 aliphatic carbocycles. The molecule has 2 heteroatoms. The van der Waals surface area contributed by atoms with Crippen molar-refractivity contribution in [3.05, 3.63) is 48.3 Å². The maximum Gasteiger partial charge on any atom is 0.0395 e. The molecular weight excluding hydrogens is 136 g/mol. The van der Waals surface area contributed by atoms with Gasteiger partial charge in [0.2, 0.25) is 0 Å². The third-order valence-corrected chi connectivity index (χ3v) is 1.36. The lowest BCUT2D eigenvalue weighted by Crippen LogP contribution is -2.04. The third kappa shape index (κ3) is 2.76. The molecule has 0 radical (unpaired) electrons. The second-order valence-electron chi connectivity index (χ2n) is 2.23. The van der Waals surface area contributed by atoms with Gasteiger partial charge in [0, 0.05) is 18.9 Å². The fraction of sp³-hybridized carbons (Fsp3) is 0.111. The molecule has 1 rings (SSSR count). The van der Waals surface area contributed by atoms with E-state index in [4.69, 9.17) is 5.73 Å². The molecule has 11 heavy (non-hydrogen) atoms. The monoisotopic (exact) mass is 148 g/mol. The van der Waals surface area contributed by atoms with Gasteiger partial charge in [0.25, 0.3) is 0 Å². The number of hydrogen-bond donors (Lipinski definition) is 2. The molecule has 58 valence electrons. The van der Waals surface area contributed by atoms with Crippen LogP contribution in [-0.4, -0.2) is 0 Å². The van der Waals surface area contributed by atoms with Crippen LogP contribution in [0.5, 0.6) is 0 Å². The second kappa shape index (κ2) is 4.39. The van der Waals surface area contributed by atoms with Gasteiger partial charge in [0.1, 0.15) is 0 Å². The van der Waals surface area contributed by atoms with Crippen LogP contribution in [0.1, 0.15) is 5.56 Å². The predicted octanol–water partition coefficient (Wildman–Crippen LogP) is 1.21. The van der Waals surface area contributed by atoms with Crippen molar-refractivity contribution in [2.24, 2.45) is 5.73 Å². The first-order chi connectivity index (χ1) is 5.43. The lowest BCUT2D eigenvalue weighted by atomic mass is 10.2. The zero-order valence-electron chi connectivity index (χ0n) is 6.33. The van der Waals surface area contributed by atoms with Gasteiger partial charge in [0.15, 0.2) is 0 Å². The Morgan fingerprint density at radius 1 is 1.27 bits per heavy atom. The first kappa shape index (κ1) is 7.66. The Morgan fingerprint density at radius 3 is 2.64 bits per heavy atom. The smallest absolute Gasteiger partial charge is 0.0395 e. The lowest BCUT2D eigenvalue weighted by molar-refractivity contribution is 0.867. The number of nitrogens with two attached hydrogens (primary N) is 1. The van der Waals surface area contributed by atoms with Gasteiger partial charge < -0.3 is 11.1 Å². The third-order valence-electron chi connectivity index (χ3n) is 1.36. The van der Waals surface area contributed by atoms with Gasteiger partial charge in [-0.2, -0.15) is 0 Å². The van der Waals surface area contributed by atoms with Crippen LogP contribution in [0.3, 0.4) is 0 Å². The Labute approximate surface area is 66.7 Å².